The fourth-order valence-electron chi connectivity index (χ4n) is 5.05. The third-order valence-electron chi connectivity index (χ3n) is 7.17. The molecule has 0 radical (unpaired) electrons. The van der Waals surface area contributed by atoms with Crippen LogP contribution in [0.3, 0.4) is 0 Å². The maximum Gasteiger partial charge on any atom is 0.138 e. The van der Waals surface area contributed by atoms with E-state index in [1.165, 1.54) is 16.8 Å². The Kier molecular flexibility index (Phi) is 6.88. The first kappa shape index (κ1) is 25.2. The molecule has 5 aromatic rings. The predicted molar refractivity (Wildman–Crippen MR) is 155 cm³/mol. The second-order valence-electron chi connectivity index (χ2n) is 10.7. The molecule has 0 aliphatic carbocycles. The van der Waals surface area contributed by atoms with Crippen molar-refractivity contribution in [3.05, 3.63) is 84.2 Å². The predicted octanol–water partition coefficient (Wildman–Crippen LogP) is 6.21. The summed E-state index contributed by atoms with van der Waals surface area (Å²) in [6, 6.07) is 21.6. The van der Waals surface area contributed by atoms with Crippen LogP contribution < -0.4 is 4.90 Å². The van der Waals surface area contributed by atoms with E-state index >= 15 is 0 Å². The zero-order valence-electron chi connectivity index (χ0n) is 21.6. The van der Waals surface area contributed by atoms with Crippen LogP contribution in [0.15, 0.2) is 73.1 Å². The second kappa shape index (κ2) is 10.1. The van der Waals surface area contributed by atoms with Gasteiger partial charge >= 0.3 is 0 Å². The van der Waals surface area contributed by atoms with Crippen molar-refractivity contribution < 1.29 is 0 Å². The summed E-state index contributed by atoms with van der Waals surface area (Å²) in [6.45, 7) is 11.6. The van der Waals surface area contributed by atoms with Crippen LogP contribution in [0.25, 0.3) is 33.5 Å². The normalized spacial score (nSPS) is 14.7. The molecule has 1 fully saturated rings. The highest BCUT2D eigenvalue weighted by atomic mass is 35.5. The van der Waals surface area contributed by atoms with E-state index in [-0.39, 0.29) is 17.8 Å². The number of piperazine rings is 1. The van der Waals surface area contributed by atoms with Gasteiger partial charge in [-0.3, -0.25) is 14.9 Å². The van der Waals surface area contributed by atoms with Crippen molar-refractivity contribution in [1.29, 1.82) is 0 Å². The Morgan fingerprint density at radius 1 is 0.838 bits per heavy atom. The standard InChI is InChI=1S/C30H32N6.ClH/c1-30(2,3)23-10-8-22(9-11-23)29-33-25-5-4-6-27(28(25)34-29)36-17-15-35(16-18-36)20-21-7-12-24-26(19-21)32-14-13-31-24;/h4-14,19H,15-18,20H2,1-3H3,(H,33,34);1H. The molecule has 37 heavy (non-hydrogen) atoms. The maximum absolute atomic E-state index is 5.04. The highest BCUT2D eigenvalue weighted by Gasteiger charge is 2.21. The molecule has 3 aromatic carbocycles. The van der Waals surface area contributed by atoms with Gasteiger partial charge in [-0.2, -0.15) is 0 Å². The molecular weight excluding hydrogens is 480 g/mol. The molecule has 190 valence electrons. The summed E-state index contributed by atoms with van der Waals surface area (Å²) in [5, 5.41) is 0. The number of imidazole rings is 1. The first-order chi connectivity index (χ1) is 17.4. The SMILES string of the molecule is CC(C)(C)c1ccc(-c2nc3c(N4CCN(Cc5ccc6nccnc6c5)CC4)cccc3[nH]2)cc1.Cl. The minimum atomic E-state index is 0. The number of fused-ring (bicyclic) bond motifs is 2. The average molecular weight is 513 g/mol. The lowest BCUT2D eigenvalue weighted by molar-refractivity contribution is 0.250. The Labute approximate surface area is 224 Å². The molecule has 1 aliphatic heterocycles. The number of rotatable bonds is 4. The van der Waals surface area contributed by atoms with E-state index in [4.69, 9.17) is 4.98 Å². The van der Waals surface area contributed by atoms with Crippen LogP contribution in [-0.4, -0.2) is 51.0 Å². The first-order valence-electron chi connectivity index (χ1n) is 12.7. The smallest absolute Gasteiger partial charge is 0.138 e. The highest BCUT2D eigenvalue weighted by molar-refractivity contribution is 5.91. The molecule has 6 rings (SSSR count). The van der Waals surface area contributed by atoms with Crippen LogP contribution in [0.4, 0.5) is 5.69 Å². The first-order valence-corrected chi connectivity index (χ1v) is 12.7. The summed E-state index contributed by atoms with van der Waals surface area (Å²) in [5.41, 5.74) is 9.13. The molecule has 1 N–H and O–H groups in total. The number of hydrogen-bond donors (Lipinski definition) is 1. The summed E-state index contributed by atoms with van der Waals surface area (Å²) in [7, 11) is 0. The lowest BCUT2D eigenvalue weighted by Gasteiger charge is -2.36. The van der Waals surface area contributed by atoms with E-state index in [0.29, 0.717) is 0 Å². The van der Waals surface area contributed by atoms with E-state index < -0.39 is 0 Å². The molecule has 0 amide bonds. The molecule has 2 aromatic heterocycles. The van der Waals surface area contributed by atoms with Crippen molar-refractivity contribution in [1.82, 2.24) is 24.8 Å². The Hall–Kier alpha value is -3.48. The number of H-pyrrole nitrogens is 1. The van der Waals surface area contributed by atoms with E-state index in [1.807, 2.05) is 0 Å². The lowest BCUT2D eigenvalue weighted by Crippen LogP contribution is -2.46. The number of halogens is 1. The van der Waals surface area contributed by atoms with Gasteiger partial charge in [0.1, 0.15) is 11.3 Å². The van der Waals surface area contributed by atoms with Crippen molar-refractivity contribution in [2.75, 3.05) is 31.1 Å². The van der Waals surface area contributed by atoms with Crippen molar-refractivity contribution in [2.45, 2.75) is 32.7 Å². The molecule has 1 aliphatic rings. The second-order valence-corrected chi connectivity index (χ2v) is 10.7. The molecule has 0 spiro atoms. The van der Waals surface area contributed by atoms with Crippen LogP contribution in [-0.2, 0) is 12.0 Å². The van der Waals surface area contributed by atoms with Crippen molar-refractivity contribution >= 4 is 40.2 Å². The molecule has 1 saturated heterocycles. The molecule has 6 nitrogen and oxygen atoms in total. The minimum absolute atomic E-state index is 0. The van der Waals surface area contributed by atoms with Gasteiger partial charge < -0.3 is 9.88 Å². The van der Waals surface area contributed by atoms with E-state index in [0.717, 1.165) is 66.2 Å². The molecule has 3 heterocycles. The van der Waals surface area contributed by atoms with Gasteiger partial charge in [-0.1, -0.05) is 57.2 Å². The van der Waals surface area contributed by atoms with Crippen LogP contribution in [0.1, 0.15) is 31.9 Å². The monoisotopic (exact) mass is 512 g/mol. The fraction of sp³-hybridized carbons (Fsp3) is 0.300. The van der Waals surface area contributed by atoms with Crippen LogP contribution in [0.2, 0.25) is 0 Å². The molecule has 0 atom stereocenters. The van der Waals surface area contributed by atoms with Gasteiger partial charge in [0, 0.05) is 50.7 Å². The lowest BCUT2D eigenvalue weighted by atomic mass is 9.87. The number of nitrogens with one attached hydrogen (secondary N) is 1. The molecule has 0 bridgehead atoms. The Bertz CT molecular complexity index is 1510. The van der Waals surface area contributed by atoms with Crippen LogP contribution >= 0.6 is 12.4 Å². The van der Waals surface area contributed by atoms with E-state index in [9.17, 15) is 0 Å². The summed E-state index contributed by atoms with van der Waals surface area (Å²) in [4.78, 5) is 22.4. The van der Waals surface area contributed by atoms with Gasteiger partial charge in [0.05, 0.1) is 22.2 Å². The highest BCUT2D eigenvalue weighted by Crippen LogP contribution is 2.30. The average Bonchev–Trinajstić information content (AvgIpc) is 3.33. The zero-order chi connectivity index (χ0) is 24.7. The Morgan fingerprint density at radius 3 is 2.30 bits per heavy atom. The summed E-state index contributed by atoms with van der Waals surface area (Å²) < 4.78 is 0. The molecule has 0 unspecified atom stereocenters. The molecule has 7 heteroatoms. The van der Waals surface area contributed by atoms with Crippen molar-refractivity contribution in [3.8, 4) is 11.4 Å². The fourth-order valence-corrected chi connectivity index (χ4v) is 5.05. The quantitative estimate of drug-likeness (QED) is 0.310. The number of anilines is 1. The summed E-state index contributed by atoms with van der Waals surface area (Å²) >= 11 is 0. The van der Waals surface area contributed by atoms with Crippen molar-refractivity contribution in [2.24, 2.45) is 0 Å². The van der Waals surface area contributed by atoms with Gasteiger partial charge in [0.15, 0.2) is 0 Å². The number of aromatic nitrogens is 4. The minimum Gasteiger partial charge on any atom is -0.367 e. The van der Waals surface area contributed by atoms with Crippen LogP contribution in [0.5, 0.6) is 0 Å². The van der Waals surface area contributed by atoms with E-state index in [2.05, 4.69) is 106 Å². The molecular formula is C30H33ClN6. The van der Waals surface area contributed by atoms with Crippen LogP contribution in [0, 0.1) is 0 Å². The number of hydrogen-bond acceptors (Lipinski definition) is 5. The number of aromatic amines is 1. The number of para-hydroxylation sites is 1. The topological polar surface area (TPSA) is 60.9 Å². The van der Waals surface area contributed by atoms with Gasteiger partial charge in [-0.25, -0.2) is 4.98 Å². The van der Waals surface area contributed by atoms with Gasteiger partial charge in [-0.05, 0) is 40.8 Å². The third kappa shape index (κ3) is 5.17. The number of benzene rings is 3. The van der Waals surface area contributed by atoms with Gasteiger partial charge in [-0.15, -0.1) is 12.4 Å². The summed E-state index contributed by atoms with van der Waals surface area (Å²) in [6.07, 6.45) is 3.50. The Morgan fingerprint density at radius 2 is 1.57 bits per heavy atom. The maximum atomic E-state index is 5.04. The summed E-state index contributed by atoms with van der Waals surface area (Å²) in [5.74, 6) is 0.927. The largest absolute Gasteiger partial charge is 0.367 e. The van der Waals surface area contributed by atoms with Crippen molar-refractivity contribution in [3.63, 3.8) is 0 Å². The number of nitrogens with zero attached hydrogens (tertiary/aromatic N) is 5. The Balaban J connectivity index is 0.00000280. The van der Waals surface area contributed by atoms with E-state index in [1.54, 1.807) is 12.4 Å². The van der Waals surface area contributed by atoms with Gasteiger partial charge in [0.2, 0.25) is 0 Å². The zero-order valence-corrected chi connectivity index (χ0v) is 22.4. The van der Waals surface area contributed by atoms with Gasteiger partial charge in [0.25, 0.3) is 0 Å². The third-order valence-corrected chi connectivity index (χ3v) is 7.17. The molecule has 0 saturated carbocycles.